The number of tetrazole rings is 1. The summed E-state index contributed by atoms with van der Waals surface area (Å²) in [5.41, 5.74) is 1.80. The van der Waals surface area contributed by atoms with E-state index in [0.29, 0.717) is 34.0 Å². The molecule has 4 aromatic rings. The van der Waals surface area contributed by atoms with Gasteiger partial charge in [0, 0.05) is 36.2 Å². The molecule has 1 fully saturated rings. The molecule has 18 heteroatoms. The lowest BCUT2D eigenvalue weighted by Crippen LogP contribution is -2.30. The van der Waals surface area contributed by atoms with E-state index in [4.69, 9.17) is 19.0 Å². The first-order valence-corrected chi connectivity index (χ1v) is 17.8. The predicted molar refractivity (Wildman–Crippen MR) is 188 cm³/mol. The molecule has 52 heavy (non-hydrogen) atoms. The number of pyridine rings is 1. The van der Waals surface area contributed by atoms with Crippen molar-refractivity contribution < 1.29 is 42.7 Å². The number of phosphoric ester groups is 1. The van der Waals surface area contributed by atoms with E-state index in [0.717, 1.165) is 18.4 Å². The zero-order valence-corrected chi connectivity index (χ0v) is 30.7. The third-order valence-electron chi connectivity index (χ3n) is 8.29. The Kier molecular flexibility index (Phi) is 11.0. The number of para-hydroxylation sites is 1. The number of anilines is 1. The van der Waals surface area contributed by atoms with Crippen molar-refractivity contribution in [2.45, 2.75) is 59.1 Å². The van der Waals surface area contributed by atoms with Gasteiger partial charge in [0.05, 0.1) is 37.1 Å². The molecule has 0 saturated heterocycles. The molecule has 0 atom stereocenters. The second kappa shape index (κ2) is 15.1. The lowest BCUT2D eigenvalue weighted by molar-refractivity contribution is -0.148. The third-order valence-corrected chi connectivity index (χ3v) is 8.73. The molecular formula is C34H41N8O9P. The van der Waals surface area contributed by atoms with Crippen molar-refractivity contribution in [1.29, 1.82) is 0 Å². The SMILES string of the molecule is CNC(=O)c1cn(COC(=O)CC(C)(C)c2c(C)cc(C)cc2OP(=O)(O)O)c(NC(=O)C2CC2)cc1=Nc1cccc(-c2nnn(C)n2)c1OC. The van der Waals surface area contributed by atoms with E-state index < -0.39 is 31.8 Å². The van der Waals surface area contributed by atoms with E-state index in [2.05, 4.69) is 26.0 Å². The number of rotatable bonds is 13. The van der Waals surface area contributed by atoms with Crippen LogP contribution in [0.1, 0.15) is 60.2 Å². The van der Waals surface area contributed by atoms with Gasteiger partial charge in [-0.2, -0.15) is 4.80 Å². The summed E-state index contributed by atoms with van der Waals surface area (Å²) in [4.78, 5) is 64.8. The van der Waals surface area contributed by atoms with Gasteiger partial charge in [-0.15, -0.1) is 10.2 Å². The second-order valence-electron chi connectivity index (χ2n) is 13.1. The van der Waals surface area contributed by atoms with E-state index in [9.17, 15) is 28.7 Å². The van der Waals surface area contributed by atoms with Crippen LogP contribution < -0.4 is 25.3 Å². The number of benzene rings is 2. The molecule has 0 spiro atoms. The van der Waals surface area contributed by atoms with Crippen molar-refractivity contribution in [1.82, 2.24) is 30.1 Å². The summed E-state index contributed by atoms with van der Waals surface area (Å²) in [5, 5.41) is 17.9. The van der Waals surface area contributed by atoms with Crippen LogP contribution >= 0.6 is 7.82 Å². The standard InChI is InChI=1S/C34H41N8O9P/c1-19-13-20(2)29(26(14-19)51-52(46,47)48)34(3,4)16-28(43)50-18-42-17-23(33(45)35-5)25(15-27(42)37-32(44)21-11-12-21)36-24-10-8-9-22(30(24)49-7)31-38-40-41(6)39-31/h8-10,13-15,17,21H,11-12,16,18H2,1-7H3,(H,35,45)(H,37,44)(H2,46,47,48). The van der Waals surface area contributed by atoms with Gasteiger partial charge in [0.2, 0.25) is 11.7 Å². The van der Waals surface area contributed by atoms with Gasteiger partial charge in [-0.05, 0) is 61.2 Å². The maximum Gasteiger partial charge on any atom is 0.524 e. The molecule has 0 bridgehead atoms. The summed E-state index contributed by atoms with van der Waals surface area (Å²) in [6.45, 7) is 6.60. The van der Waals surface area contributed by atoms with E-state index >= 15 is 0 Å². The molecule has 1 saturated carbocycles. The Labute approximate surface area is 299 Å². The van der Waals surface area contributed by atoms with Crippen molar-refractivity contribution in [2.75, 3.05) is 19.5 Å². The summed E-state index contributed by atoms with van der Waals surface area (Å²) < 4.78 is 29.6. The van der Waals surface area contributed by atoms with Gasteiger partial charge < -0.3 is 24.6 Å². The first-order chi connectivity index (χ1) is 24.5. The van der Waals surface area contributed by atoms with Crippen LogP contribution in [0.15, 0.2) is 47.6 Å². The molecule has 17 nitrogen and oxygen atoms in total. The fourth-order valence-electron chi connectivity index (χ4n) is 5.94. The van der Waals surface area contributed by atoms with Crippen LogP contribution in [0.25, 0.3) is 11.4 Å². The number of aromatic nitrogens is 5. The van der Waals surface area contributed by atoms with Crippen LogP contribution in [0.4, 0.5) is 11.5 Å². The molecule has 1 aliphatic carbocycles. The first kappa shape index (κ1) is 37.9. The van der Waals surface area contributed by atoms with Gasteiger partial charge >= 0.3 is 13.8 Å². The minimum absolute atomic E-state index is 0.0345. The summed E-state index contributed by atoms with van der Waals surface area (Å²) in [7, 11) is -0.346. The Bertz CT molecular complexity index is 2150. The minimum atomic E-state index is -4.90. The van der Waals surface area contributed by atoms with Crippen LogP contribution in [-0.2, 0) is 38.1 Å². The maximum atomic E-state index is 13.4. The number of phosphoric acid groups is 1. The molecule has 0 radical (unpaired) electrons. The van der Waals surface area contributed by atoms with Crippen molar-refractivity contribution in [3.63, 3.8) is 0 Å². The maximum absolute atomic E-state index is 13.4. The highest BCUT2D eigenvalue weighted by Crippen LogP contribution is 2.45. The van der Waals surface area contributed by atoms with E-state index in [1.807, 2.05) is 6.07 Å². The number of ether oxygens (including phenoxy) is 2. The lowest BCUT2D eigenvalue weighted by Gasteiger charge is -2.29. The summed E-state index contributed by atoms with van der Waals surface area (Å²) in [6, 6.07) is 10.00. The van der Waals surface area contributed by atoms with Crippen LogP contribution in [0.5, 0.6) is 11.5 Å². The molecule has 2 heterocycles. The third kappa shape index (κ3) is 8.91. The molecule has 2 aromatic carbocycles. The smallest absolute Gasteiger partial charge is 0.494 e. The number of nitrogens with zero attached hydrogens (tertiary/aromatic N) is 6. The monoisotopic (exact) mass is 736 g/mol. The molecule has 4 N–H and O–H groups in total. The molecular weight excluding hydrogens is 695 g/mol. The second-order valence-corrected chi connectivity index (χ2v) is 14.2. The van der Waals surface area contributed by atoms with Crippen LogP contribution in [0.3, 0.4) is 0 Å². The Balaban J connectivity index is 1.51. The predicted octanol–water partition coefficient (Wildman–Crippen LogP) is 3.58. The summed E-state index contributed by atoms with van der Waals surface area (Å²) in [5.74, 6) is -0.755. The number of hydrogen-bond acceptors (Lipinski definition) is 11. The zero-order valence-electron chi connectivity index (χ0n) is 29.8. The fourth-order valence-corrected chi connectivity index (χ4v) is 6.34. The van der Waals surface area contributed by atoms with Gasteiger partial charge in [-0.1, -0.05) is 26.0 Å². The molecule has 2 aromatic heterocycles. The molecule has 1 aliphatic rings. The average Bonchev–Trinajstić information content (AvgIpc) is 3.82. The lowest BCUT2D eigenvalue weighted by atomic mass is 9.78. The number of carbonyl (C=O) groups excluding carboxylic acids is 3. The van der Waals surface area contributed by atoms with Gasteiger partial charge in [-0.25, -0.2) is 9.56 Å². The Morgan fingerprint density at radius 2 is 1.87 bits per heavy atom. The van der Waals surface area contributed by atoms with Gasteiger partial charge in [0.1, 0.15) is 17.3 Å². The number of nitrogens with one attached hydrogen (secondary N) is 2. The number of hydrogen-bond donors (Lipinski definition) is 4. The van der Waals surface area contributed by atoms with Crippen molar-refractivity contribution in [3.8, 4) is 22.9 Å². The highest BCUT2D eigenvalue weighted by Gasteiger charge is 2.33. The molecule has 5 rings (SSSR count). The van der Waals surface area contributed by atoms with Gasteiger partial charge in [0.25, 0.3) is 5.91 Å². The highest BCUT2D eigenvalue weighted by molar-refractivity contribution is 7.46. The van der Waals surface area contributed by atoms with Gasteiger partial charge in [-0.3, -0.25) is 28.7 Å². The Hall–Kier alpha value is -5.38. The highest BCUT2D eigenvalue weighted by atomic mass is 31.2. The number of esters is 1. The number of aryl methyl sites for hydroxylation is 3. The van der Waals surface area contributed by atoms with Crippen LogP contribution in [0, 0.1) is 19.8 Å². The molecule has 2 amide bonds. The van der Waals surface area contributed by atoms with Crippen LogP contribution in [0.2, 0.25) is 0 Å². The van der Waals surface area contributed by atoms with Crippen molar-refractivity contribution >= 4 is 37.1 Å². The summed E-state index contributed by atoms with van der Waals surface area (Å²) >= 11 is 0. The van der Waals surface area contributed by atoms with Gasteiger partial charge in [0.15, 0.2) is 12.5 Å². The van der Waals surface area contributed by atoms with E-state index in [1.54, 1.807) is 52.9 Å². The first-order valence-electron chi connectivity index (χ1n) is 16.3. The normalized spacial score (nSPS) is 13.4. The van der Waals surface area contributed by atoms with E-state index in [-0.39, 0.29) is 40.7 Å². The average molecular weight is 737 g/mol. The van der Waals surface area contributed by atoms with E-state index in [1.165, 1.54) is 41.9 Å². The number of carbonyl (C=O) groups is 3. The van der Waals surface area contributed by atoms with Crippen molar-refractivity contribution in [2.24, 2.45) is 18.0 Å². The molecule has 0 aliphatic heterocycles. The van der Waals surface area contributed by atoms with Crippen LogP contribution in [-0.4, -0.2) is 66.5 Å². The largest absolute Gasteiger partial charge is 0.524 e. The quantitative estimate of drug-likeness (QED) is 0.114. The Morgan fingerprint density at radius 1 is 1.13 bits per heavy atom. The molecule has 276 valence electrons. The summed E-state index contributed by atoms with van der Waals surface area (Å²) in [6.07, 6.45) is 2.69. The number of methoxy groups -OCH3 is 1. The minimum Gasteiger partial charge on any atom is -0.494 e. The van der Waals surface area contributed by atoms with Crippen molar-refractivity contribution in [3.05, 3.63) is 70.2 Å². The number of amides is 2. The topological polar surface area (TPSA) is 221 Å². The fraction of sp³-hybridized carbons (Fsp3) is 0.382. The molecule has 0 unspecified atom stereocenters. The Morgan fingerprint density at radius 3 is 2.48 bits per heavy atom. The zero-order chi connectivity index (χ0) is 38.0.